The Balaban J connectivity index is 2.91. The summed E-state index contributed by atoms with van der Waals surface area (Å²) in [5, 5.41) is 4.84. The smallest absolute Gasteiger partial charge is 0.242 e. The molecule has 0 aromatic rings. The van der Waals surface area contributed by atoms with Gasteiger partial charge in [-0.25, -0.2) is 0 Å². The summed E-state index contributed by atoms with van der Waals surface area (Å²) >= 11 is 0. The number of hydrogen-bond acceptors (Lipinski definition) is 4. The van der Waals surface area contributed by atoms with Gasteiger partial charge >= 0.3 is 0 Å². The Morgan fingerprint density at radius 1 is 1.09 bits per heavy atom. The summed E-state index contributed by atoms with van der Waals surface area (Å²) in [6.07, 6.45) is 2.76. The molecule has 1 unspecified atom stereocenters. The zero-order valence-electron chi connectivity index (χ0n) is 15.6. The van der Waals surface area contributed by atoms with Crippen LogP contribution in [-0.2, 0) is 14.4 Å². The van der Waals surface area contributed by atoms with Gasteiger partial charge in [0.1, 0.15) is 5.54 Å². The zero-order valence-corrected chi connectivity index (χ0v) is 15.6. The zero-order chi connectivity index (χ0) is 17.2. The van der Waals surface area contributed by atoms with Gasteiger partial charge in [-0.3, -0.25) is 9.63 Å². The Labute approximate surface area is 135 Å². The molecule has 0 aliphatic carbocycles. The highest BCUT2D eigenvalue weighted by molar-refractivity contribution is 5.85. The normalized spacial score (nSPS) is 21.0. The summed E-state index contributed by atoms with van der Waals surface area (Å²) < 4.78 is 5.68. The molecule has 1 saturated heterocycles. The number of amides is 1. The maximum Gasteiger partial charge on any atom is 0.242 e. The second-order valence-corrected chi connectivity index (χ2v) is 8.63. The quantitative estimate of drug-likeness (QED) is 0.809. The van der Waals surface area contributed by atoms with E-state index in [4.69, 9.17) is 9.57 Å². The van der Waals surface area contributed by atoms with Crippen molar-refractivity contribution in [2.45, 2.75) is 97.6 Å². The van der Waals surface area contributed by atoms with Crippen molar-refractivity contribution in [2.24, 2.45) is 0 Å². The van der Waals surface area contributed by atoms with Crippen LogP contribution in [0.15, 0.2) is 0 Å². The third kappa shape index (κ3) is 5.52. The predicted octanol–water partition coefficient (Wildman–Crippen LogP) is 3.24. The summed E-state index contributed by atoms with van der Waals surface area (Å²) in [6.45, 7) is 16.6. The summed E-state index contributed by atoms with van der Waals surface area (Å²) in [5.41, 5.74) is -1.40. The van der Waals surface area contributed by atoms with Crippen molar-refractivity contribution >= 4 is 5.91 Å². The van der Waals surface area contributed by atoms with Gasteiger partial charge in [-0.2, -0.15) is 5.06 Å². The van der Waals surface area contributed by atoms with Crippen LogP contribution in [0.25, 0.3) is 0 Å². The van der Waals surface area contributed by atoms with Gasteiger partial charge < -0.3 is 10.1 Å². The van der Waals surface area contributed by atoms with E-state index in [1.807, 2.05) is 55.4 Å². The molecule has 0 radical (unpaired) electrons. The van der Waals surface area contributed by atoms with Crippen molar-refractivity contribution in [3.8, 4) is 0 Å². The lowest BCUT2D eigenvalue weighted by Gasteiger charge is -2.46. The van der Waals surface area contributed by atoms with Crippen molar-refractivity contribution in [3.05, 3.63) is 0 Å². The van der Waals surface area contributed by atoms with Crippen molar-refractivity contribution < 1.29 is 14.4 Å². The van der Waals surface area contributed by atoms with Gasteiger partial charge in [-0.05, 0) is 68.2 Å². The van der Waals surface area contributed by atoms with Gasteiger partial charge in [0.15, 0.2) is 6.29 Å². The molecule has 0 saturated carbocycles. The molecule has 0 spiro atoms. The third-order valence-corrected chi connectivity index (χ3v) is 3.52. The molecule has 0 aromatic heterocycles. The van der Waals surface area contributed by atoms with Crippen LogP contribution in [-0.4, -0.2) is 40.5 Å². The van der Waals surface area contributed by atoms with E-state index >= 15 is 0 Å². The Morgan fingerprint density at radius 3 is 2.09 bits per heavy atom. The van der Waals surface area contributed by atoms with Crippen LogP contribution in [0.4, 0.5) is 0 Å². The molecule has 1 heterocycles. The van der Waals surface area contributed by atoms with E-state index in [9.17, 15) is 4.79 Å². The van der Waals surface area contributed by atoms with Gasteiger partial charge in [0.2, 0.25) is 5.91 Å². The van der Waals surface area contributed by atoms with Gasteiger partial charge in [-0.15, -0.1) is 0 Å². The molecule has 5 nitrogen and oxygen atoms in total. The fourth-order valence-corrected chi connectivity index (χ4v) is 2.63. The van der Waals surface area contributed by atoms with Gasteiger partial charge in [-0.1, -0.05) is 0 Å². The minimum absolute atomic E-state index is 0.0502. The number of nitrogens with zero attached hydrogens (tertiary/aromatic N) is 1. The van der Waals surface area contributed by atoms with Crippen molar-refractivity contribution in [1.29, 1.82) is 0 Å². The van der Waals surface area contributed by atoms with E-state index in [2.05, 4.69) is 5.32 Å². The molecular formula is C17H34N2O3. The lowest BCUT2D eigenvalue weighted by atomic mass is 9.95. The number of ether oxygens (including phenoxy) is 1. The minimum atomic E-state index is -0.799. The average Bonchev–Trinajstić information content (AvgIpc) is 2.33. The average molecular weight is 314 g/mol. The summed E-state index contributed by atoms with van der Waals surface area (Å²) in [7, 11) is 0. The molecule has 0 bridgehead atoms. The summed E-state index contributed by atoms with van der Waals surface area (Å²) in [6, 6.07) is 0. The number of carbonyl (C=O) groups is 1. The molecule has 5 heteroatoms. The van der Waals surface area contributed by atoms with Crippen molar-refractivity contribution in [2.75, 3.05) is 6.61 Å². The van der Waals surface area contributed by atoms with Crippen LogP contribution in [0.2, 0.25) is 0 Å². The maximum absolute atomic E-state index is 12.7. The number of nitrogens with one attached hydrogen (secondary N) is 1. The standard InChI is InChI=1S/C17H34N2O3/c1-15(2,3)18-14(20)17(7,8)19(16(4,5)6)22-13-11-9-10-12-21-13/h13H,9-12H2,1-8H3,(H,18,20). The first kappa shape index (κ1) is 19.4. The molecule has 1 amide bonds. The summed E-state index contributed by atoms with van der Waals surface area (Å²) in [4.78, 5) is 18.8. The fourth-order valence-electron chi connectivity index (χ4n) is 2.63. The molecule has 1 aliphatic heterocycles. The first-order valence-electron chi connectivity index (χ1n) is 8.25. The highest BCUT2D eigenvalue weighted by Crippen LogP contribution is 2.29. The second kappa shape index (κ2) is 6.85. The van der Waals surface area contributed by atoms with Gasteiger partial charge in [0.05, 0.1) is 0 Å². The van der Waals surface area contributed by atoms with E-state index in [-0.39, 0.29) is 23.3 Å². The van der Waals surface area contributed by atoms with Crippen molar-refractivity contribution in [3.63, 3.8) is 0 Å². The van der Waals surface area contributed by atoms with Crippen LogP contribution in [0, 0.1) is 0 Å². The van der Waals surface area contributed by atoms with Crippen LogP contribution < -0.4 is 5.32 Å². The highest BCUT2D eigenvalue weighted by Gasteiger charge is 2.44. The SMILES string of the molecule is CC(C)(C)NC(=O)C(C)(C)N(OC1CCCCO1)C(C)(C)C. The molecule has 1 N–H and O–H groups in total. The van der Waals surface area contributed by atoms with E-state index in [1.165, 1.54) is 0 Å². The molecular weight excluding hydrogens is 280 g/mol. The molecule has 1 fully saturated rings. The molecule has 1 atom stereocenters. The highest BCUT2D eigenvalue weighted by atomic mass is 16.8. The van der Waals surface area contributed by atoms with E-state index in [1.54, 1.807) is 5.06 Å². The monoisotopic (exact) mass is 314 g/mol. The maximum atomic E-state index is 12.7. The van der Waals surface area contributed by atoms with Gasteiger partial charge in [0.25, 0.3) is 0 Å². The lowest BCUT2D eigenvalue weighted by Crippen LogP contribution is -2.63. The lowest BCUT2D eigenvalue weighted by molar-refractivity contribution is -0.341. The van der Waals surface area contributed by atoms with E-state index < -0.39 is 5.54 Å². The molecule has 1 rings (SSSR count). The van der Waals surface area contributed by atoms with Crippen LogP contribution in [0.5, 0.6) is 0 Å². The third-order valence-electron chi connectivity index (χ3n) is 3.52. The Bertz CT molecular complexity index is 374. The fraction of sp³-hybridized carbons (Fsp3) is 0.941. The van der Waals surface area contributed by atoms with Crippen molar-refractivity contribution in [1.82, 2.24) is 10.4 Å². The van der Waals surface area contributed by atoms with Crippen LogP contribution >= 0.6 is 0 Å². The minimum Gasteiger partial charge on any atom is -0.351 e. The molecule has 0 aromatic carbocycles. The van der Waals surface area contributed by atoms with Crippen LogP contribution in [0.1, 0.15) is 74.7 Å². The first-order valence-corrected chi connectivity index (χ1v) is 8.25. The molecule has 22 heavy (non-hydrogen) atoms. The summed E-state index contributed by atoms with van der Waals surface area (Å²) in [5.74, 6) is -0.0502. The Morgan fingerprint density at radius 2 is 1.68 bits per heavy atom. The van der Waals surface area contributed by atoms with Crippen LogP contribution in [0.3, 0.4) is 0 Å². The number of hydrogen-bond donors (Lipinski definition) is 1. The largest absolute Gasteiger partial charge is 0.351 e. The van der Waals surface area contributed by atoms with E-state index in [0.29, 0.717) is 0 Å². The second-order valence-electron chi connectivity index (χ2n) is 8.63. The number of hydroxylamine groups is 2. The van der Waals surface area contributed by atoms with Gasteiger partial charge in [0, 0.05) is 24.1 Å². The number of carbonyl (C=O) groups excluding carboxylic acids is 1. The van der Waals surface area contributed by atoms with E-state index in [0.717, 1.165) is 25.9 Å². The Kier molecular flexibility index (Phi) is 6.04. The topological polar surface area (TPSA) is 50.8 Å². The Hall–Kier alpha value is -0.650. The first-order chi connectivity index (χ1) is 9.84. The predicted molar refractivity (Wildman–Crippen MR) is 88.2 cm³/mol. The molecule has 130 valence electrons. The number of rotatable bonds is 4. The molecule has 1 aliphatic rings.